The molecule has 0 radical (unpaired) electrons. The molecule has 8 heteroatoms. The van der Waals surface area contributed by atoms with Gasteiger partial charge in [0.15, 0.2) is 11.6 Å². The number of hydrogen-bond acceptors (Lipinski definition) is 4. The predicted octanol–water partition coefficient (Wildman–Crippen LogP) is 4.03. The summed E-state index contributed by atoms with van der Waals surface area (Å²) in [6, 6.07) is 9.83. The first-order valence-electron chi connectivity index (χ1n) is 6.39. The lowest BCUT2D eigenvalue weighted by Crippen LogP contribution is -2.12. The van der Waals surface area contributed by atoms with Crippen LogP contribution in [0.25, 0.3) is 11.5 Å². The summed E-state index contributed by atoms with van der Waals surface area (Å²) in [5.74, 6) is -2.62. The van der Waals surface area contributed by atoms with Crippen molar-refractivity contribution >= 4 is 27.9 Å². The lowest BCUT2D eigenvalue weighted by molar-refractivity contribution is 0.102. The third-order valence-electron chi connectivity index (χ3n) is 2.90. The van der Waals surface area contributed by atoms with E-state index in [1.165, 1.54) is 0 Å². The van der Waals surface area contributed by atoms with E-state index in [0.717, 1.165) is 22.7 Å². The minimum absolute atomic E-state index is 0.0638. The van der Waals surface area contributed by atoms with Crippen molar-refractivity contribution in [2.45, 2.75) is 0 Å². The molecule has 5 nitrogen and oxygen atoms in total. The summed E-state index contributed by atoms with van der Waals surface area (Å²) in [5, 5.41) is 9.85. The number of rotatable bonds is 3. The summed E-state index contributed by atoms with van der Waals surface area (Å²) in [7, 11) is 0. The van der Waals surface area contributed by atoms with E-state index in [1.54, 1.807) is 18.2 Å². The van der Waals surface area contributed by atoms with Crippen molar-refractivity contribution in [2.24, 2.45) is 0 Å². The molecule has 0 atom stereocenters. The largest absolute Gasteiger partial charge is 0.403 e. The van der Waals surface area contributed by atoms with Crippen LogP contribution in [-0.4, -0.2) is 16.1 Å². The number of hydrogen-bond donors (Lipinski definition) is 1. The molecule has 0 fully saturated rings. The standard InChI is InChI=1S/C15H8BrF2N3O2/c16-10-3-1-2-9(6-10)14-20-21-15(23-14)19-13(22)8-4-5-11(17)12(18)7-8/h1-7H,(H,19,21,22). The van der Waals surface area contributed by atoms with Crippen LogP contribution in [0.4, 0.5) is 14.8 Å². The molecule has 1 amide bonds. The van der Waals surface area contributed by atoms with Crippen LogP contribution in [0.2, 0.25) is 0 Å². The maximum atomic E-state index is 13.1. The summed E-state index contributed by atoms with van der Waals surface area (Å²) in [6.07, 6.45) is 0. The van der Waals surface area contributed by atoms with Gasteiger partial charge in [-0.15, -0.1) is 5.10 Å². The first-order chi connectivity index (χ1) is 11.0. The van der Waals surface area contributed by atoms with Crippen LogP contribution in [0.3, 0.4) is 0 Å². The van der Waals surface area contributed by atoms with Gasteiger partial charge in [0.25, 0.3) is 5.91 Å². The van der Waals surface area contributed by atoms with Crippen LogP contribution in [0.5, 0.6) is 0 Å². The van der Waals surface area contributed by atoms with Gasteiger partial charge in [0.1, 0.15) is 0 Å². The van der Waals surface area contributed by atoms with Gasteiger partial charge >= 0.3 is 6.01 Å². The number of halogens is 3. The summed E-state index contributed by atoms with van der Waals surface area (Å²) >= 11 is 3.32. The van der Waals surface area contributed by atoms with Crippen LogP contribution in [0.1, 0.15) is 10.4 Å². The van der Waals surface area contributed by atoms with Gasteiger partial charge in [0.05, 0.1) is 0 Å². The molecule has 3 aromatic rings. The fraction of sp³-hybridized carbons (Fsp3) is 0. The monoisotopic (exact) mass is 379 g/mol. The number of carbonyl (C=O) groups is 1. The molecule has 0 aliphatic heterocycles. The van der Waals surface area contributed by atoms with Gasteiger partial charge < -0.3 is 4.42 Å². The third kappa shape index (κ3) is 3.42. The summed E-state index contributed by atoms with van der Waals surface area (Å²) in [6.45, 7) is 0. The molecule has 0 unspecified atom stereocenters. The van der Waals surface area contributed by atoms with Gasteiger partial charge in [0, 0.05) is 15.6 Å². The van der Waals surface area contributed by atoms with Crippen molar-refractivity contribution in [3.63, 3.8) is 0 Å². The Morgan fingerprint density at radius 3 is 2.65 bits per heavy atom. The second-order valence-electron chi connectivity index (χ2n) is 4.51. The van der Waals surface area contributed by atoms with Crippen LogP contribution in [0, 0.1) is 11.6 Å². The van der Waals surface area contributed by atoms with E-state index in [0.29, 0.717) is 5.56 Å². The zero-order valence-corrected chi connectivity index (χ0v) is 13.0. The highest BCUT2D eigenvalue weighted by Crippen LogP contribution is 2.23. The van der Waals surface area contributed by atoms with Crippen molar-refractivity contribution in [3.8, 4) is 11.5 Å². The average Bonchev–Trinajstić information content (AvgIpc) is 2.98. The molecule has 0 saturated heterocycles. The van der Waals surface area contributed by atoms with Crippen LogP contribution in [0.15, 0.2) is 51.4 Å². The van der Waals surface area contributed by atoms with E-state index in [-0.39, 0.29) is 17.5 Å². The first kappa shape index (κ1) is 15.3. The van der Waals surface area contributed by atoms with E-state index in [9.17, 15) is 13.6 Å². The average molecular weight is 380 g/mol. The van der Waals surface area contributed by atoms with Crippen LogP contribution >= 0.6 is 15.9 Å². The van der Waals surface area contributed by atoms with Crippen LogP contribution < -0.4 is 5.32 Å². The summed E-state index contributed by atoms with van der Waals surface area (Å²) in [5.41, 5.74) is 0.603. The number of anilines is 1. The molecule has 0 bridgehead atoms. The zero-order chi connectivity index (χ0) is 16.4. The number of carbonyl (C=O) groups excluding carboxylic acids is 1. The van der Waals surface area contributed by atoms with Crippen molar-refractivity contribution < 1.29 is 18.0 Å². The Hall–Kier alpha value is -2.61. The minimum Gasteiger partial charge on any atom is -0.403 e. The van der Waals surface area contributed by atoms with E-state index >= 15 is 0 Å². The van der Waals surface area contributed by atoms with Crippen LogP contribution in [-0.2, 0) is 0 Å². The van der Waals surface area contributed by atoms with Crippen molar-refractivity contribution in [3.05, 3.63) is 64.1 Å². The molecular formula is C15H8BrF2N3O2. The van der Waals surface area contributed by atoms with Crippen molar-refractivity contribution in [1.29, 1.82) is 0 Å². The molecule has 2 aromatic carbocycles. The third-order valence-corrected chi connectivity index (χ3v) is 3.39. The molecule has 23 heavy (non-hydrogen) atoms. The Kier molecular flexibility index (Phi) is 4.16. The van der Waals surface area contributed by atoms with Crippen molar-refractivity contribution in [2.75, 3.05) is 5.32 Å². The highest BCUT2D eigenvalue weighted by Gasteiger charge is 2.14. The Morgan fingerprint density at radius 2 is 1.91 bits per heavy atom. The Morgan fingerprint density at radius 1 is 1.09 bits per heavy atom. The van der Waals surface area contributed by atoms with Gasteiger partial charge in [0.2, 0.25) is 5.89 Å². The van der Waals surface area contributed by atoms with Crippen molar-refractivity contribution in [1.82, 2.24) is 10.2 Å². The lowest BCUT2D eigenvalue weighted by atomic mass is 10.2. The molecule has 1 N–H and O–H groups in total. The normalized spacial score (nSPS) is 10.6. The number of aromatic nitrogens is 2. The molecule has 116 valence electrons. The van der Waals surface area contributed by atoms with E-state index in [2.05, 4.69) is 31.4 Å². The maximum Gasteiger partial charge on any atom is 0.322 e. The van der Waals surface area contributed by atoms with Gasteiger partial charge in [-0.25, -0.2) is 8.78 Å². The smallest absolute Gasteiger partial charge is 0.322 e. The maximum absolute atomic E-state index is 13.1. The van der Waals surface area contributed by atoms with Gasteiger partial charge in [-0.1, -0.05) is 27.1 Å². The Bertz CT molecular complexity index is 883. The topological polar surface area (TPSA) is 68.0 Å². The first-order valence-corrected chi connectivity index (χ1v) is 7.18. The molecule has 0 aliphatic rings. The SMILES string of the molecule is O=C(Nc1nnc(-c2cccc(Br)c2)o1)c1ccc(F)c(F)c1. The van der Waals surface area contributed by atoms with E-state index < -0.39 is 17.5 Å². The fourth-order valence-electron chi connectivity index (χ4n) is 1.82. The van der Waals surface area contributed by atoms with E-state index in [4.69, 9.17) is 4.42 Å². The summed E-state index contributed by atoms with van der Waals surface area (Å²) in [4.78, 5) is 11.9. The molecule has 1 heterocycles. The highest BCUT2D eigenvalue weighted by atomic mass is 79.9. The fourth-order valence-corrected chi connectivity index (χ4v) is 2.22. The van der Waals surface area contributed by atoms with Gasteiger partial charge in [-0.2, -0.15) is 0 Å². The molecule has 1 aromatic heterocycles. The predicted molar refractivity (Wildman–Crippen MR) is 81.7 cm³/mol. The Balaban J connectivity index is 1.78. The molecular weight excluding hydrogens is 372 g/mol. The number of amides is 1. The van der Waals surface area contributed by atoms with Gasteiger partial charge in [-0.3, -0.25) is 10.1 Å². The minimum atomic E-state index is -1.11. The van der Waals surface area contributed by atoms with E-state index in [1.807, 2.05) is 6.07 Å². The quantitative estimate of drug-likeness (QED) is 0.745. The number of nitrogens with zero attached hydrogens (tertiary/aromatic N) is 2. The number of nitrogens with one attached hydrogen (secondary N) is 1. The van der Waals surface area contributed by atoms with Gasteiger partial charge in [-0.05, 0) is 36.4 Å². The lowest BCUT2D eigenvalue weighted by Gasteiger charge is -2.01. The number of benzene rings is 2. The second-order valence-corrected chi connectivity index (χ2v) is 5.42. The highest BCUT2D eigenvalue weighted by molar-refractivity contribution is 9.10. The Labute approximate surface area is 137 Å². The summed E-state index contributed by atoms with van der Waals surface area (Å²) < 4.78 is 32.2. The molecule has 3 rings (SSSR count). The zero-order valence-electron chi connectivity index (χ0n) is 11.4. The second kappa shape index (κ2) is 6.25. The molecule has 0 spiro atoms. The molecule has 0 aliphatic carbocycles. The molecule has 0 saturated carbocycles.